The zero-order valence-electron chi connectivity index (χ0n) is 14.1. The van der Waals surface area contributed by atoms with Gasteiger partial charge in [-0.2, -0.15) is 11.8 Å². The van der Waals surface area contributed by atoms with Crippen LogP contribution in [0.2, 0.25) is 0 Å². The zero-order valence-corrected chi connectivity index (χ0v) is 16.5. The zero-order chi connectivity index (χ0) is 16.8. The number of sulfonamides is 1. The van der Waals surface area contributed by atoms with Crippen molar-refractivity contribution in [2.75, 3.05) is 63.7 Å². The van der Waals surface area contributed by atoms with E-state index in [9.17, 15) is 13.2 Å². The van der Waals surface area contributed by atoms with E-state index in [0.717, 1.165) is 24.6 Å². The van der Waals surface area contributed by atoms with Crippen LogP contribution in [0.25, 0.3) is 0 Å². The molecule has 142 valence electrons. The van der Waals surface area contributed by atoms with Crippen molar-refractivity contribution in [3.63, 3.8) is 0 Å². The maximum atomic E-state index is 12.5. The topological polar surface area (TPSA) is 87.7 Å². The molecule has 0 aliphatic carbocycles. The molecule has 0 aromatic carbocycles. The van der Waals surface area contributed by atoms with Gasteiger partial charge >= 0.3 is 0 Å². The molecule has 0 unspecified atom stereocenters. The number of amides is 1. The third-order valence-corrected chi connectivity index (χ3v) is 7.29. The van der Waals surface area contributed by atoms with E-state index in [1.54, 1.807) is 18.9 Å². The van der Waals surface area contributed by atoms with E-state index >= 15 is 0 Å². The highest BCUT2D eigenvalue weighted by molar-refractivity contribution is 7.99. The van der Waals surface area contributed by atoms with Gasteiger partial charge in [-0.1, -0.05) is 0 Å². The van der Waals surface area contributed by atoms with Crippen molar-refractivity contribution < 1.29 is 17.9 Å². The SMILES string of the molecule is COCC1(C(=O)NCCS(=O)(=O)N2CCSCC2)CCNCC1.Cl. The molecule has 0 radical (unpaired) electrons. The molecule has 7 nitrogen and oxygen atoms in total. The molecule has 1 amide bonds. The summed E-state index contributed by atoms with van der Waals surface area (Å²) in [5.41, 5.74) is -0.536. The standard InChI is InChI=1S/C14H27N3O4S2.ClH/c1-21-12-14(2-4-15-5-3-14)13(18)16-6-11-23(19,20)17-7-9-22-10-8-17;/h15H,2-12H2,1H3,(H,16,18);1H. The number of thioether (sulfide) groups is 1. The molecule has 2 aliphatic heterocycles. The number of rotatable bonds is 7. The molecule has 10 heteroatoms. The highest BCUT2D eigenvalue weighted by Crippen LogP contribution is 2.29. The largest absolute Gasteiger partial charge is 0.384 e. The number of ether oxygens (including phenoxy) is 1. The highest BCUT2D eigenvalue weighted by atomic mass is 35.5. The van der Waals surface area contributed by atoms with Crippen molar-refractivity contribution in [1.29, 1.82) is 0 Å². The van der Waals surface area contributed by atoms with E-state index in [4.69, 9.17) is 4.74 Å². The lowest BCUT2D eigenvalue weighted by Gasteiger charge is -2.35. The Balaban J connectivity index is 0.00000288. The van der Waals surface area contributed by atoms with Gasteiger partial charge in [-0.15, -0.1) is 12.4 Å². The number of hydrogen-bond acceptors (Lipinski definition) is 6. The third kappa shape index (κ3) is 5.74. The van der Waals surface area contributed by atoms with Gasteiger partial charge in [-0.05, 0) is 25.9 Å². The summed E-state index contributed by atoms with van der Waals surface area (Å²) in [5.74, 6) is 1.56. The number of methoxy groups -OCH3 is 1. The molecule has 0 saturated carbocycles. The van der Waals surface area contributed by atoms with E-state index in [0.29, 0.717) is 32.5 Å². The lowest BCUT2D eigenvalue weighted by atomic mass is 9.78. The first-order chi connectivity index (χ1) is 11.0. The summed E-state index contributed by atoms with van der Waals surface area (Å²) in [7, 11) is -1.69. The Kier molecular flexibility index (Phi) is 9.32. The number of nitrogens with zero attached hydrogens (tertiary/aromatic N) is 1. The van der Waals surface area contributed by atoms with Gasteiger partial charge in [-0.3, -0.25) is 4.79 Å². The molecule has 2 aliphatic rings. The lowest BCUT2D eigenvalue weighted by molar-refractivity contribution is -0.136. The van der Waals surface area contributed by atoms with Gasteiger partial charge in [0.05, 0.1) is 17.8 Å². The number of carbonyl (C=O) groups excluding carboxylic acids is 1. The van der Waals surface area contributed by atoms with Gasteiger partial charge in [0.1, 0.15) is 0 Å². The normalized spacial score (nSPS) is 21.7. The van der Waals surface area contributed by atoms with Crippen LogP contribution in [0.3, 0.4) is 0 Å². The third-order valence-electron chi connectivity index (χ3n) is 4.47. The fourth-order valence-corrected chi connectivity index (χ4v) is 5.54. The van der Waals surface area contributed by atoms with Crippen molar-refractivity contribution in [2.24, 2.45) is 5.41 Å². The first-order valence-corrected chi connectivity index (χ1v) is 10.8. The van der Waals surface area contributed by atoms with E-state index in [1.807, 2.05) is 0 Å². The molecular weight excluding hydrogens is 374 g/mol. The summed E-state index contributed by atoms with van der Waals surface area (Å²) in [6.45, 7) is 3.22. The number of hydrogen-bond donors (Lipinski definition) is 2. The minimum Gasteiger partial charge on any atom is -0.384 e. The van der Waals surface area contributed by atoms with Gasteiger partial charge in [-0.25, -0.2) is 12.7 Å². The number of piperidine rings is 1. The van der Waals surface area contributed by atoms with Crippen molar-refractivity contribution in [3.8, 4) is 0 Å². The first-order valence-electron chi connectivity index (χ1n) is 8.04. The Morgan fingerprint density at radius 1 is 1.29 bits per heavy atom. The molecule has 2 saturated heterocycles. The number of halogens is 1. The van der Waals surface area contributed by atoms with Gasteiger partial charge in [0.25, 0.3) is 0 Å². The predicted molar refractivity (Wildman–Crippen MR) is 99.4 cm³/mol. The summed E-state index contributed by atoms with van der Waals surface area (Å²) < 4.78 is 31.3. The van der Waals surface area contributed by atoms with Crippen molar-refractivity contribution in [3.05, 3.63) is 0 Å². The number of nitrogens with one attached hydrogen (secondary N) is 2. The van der Waals surface area contributed by atoms with Crippen LogP contribution < -0.4 is 10.6 Å². The summed E-state index contributed by atoms with van der Waals surface area (Å²) >= 11 is 1.77. The Bertz CT molecular complexity index is 487. The molecule has 2 rings (SSSR count). The molecule has 0 atom stereocenters. The predicted octanol–water partition coefficient (Wildman–Crippen LogP) is -0.0808. The monoisotopic (exact) mass is 401 g/mol. The van der Waals surface area contributed by atoms with E-state index < -0.39 is 15.4 Å². The van der Waals surface area contributed by atoms with Crippen LogP contribution in [0.5, 0.6) is 0 Å². The quantitative estimate of drug-likeness (QED) is 0.620. The molecular formula is C14H28ClN3O4S2. The average molecular weight is 402 g/mol. The highest BCUT2D eigenvalue weighted by Gasteiger charge is 2.39. The molecule has 2 N–H and O–H groups in total. The fourth-order valence-electron chi connectivity index (χ4n) is 3.05. The smallest absolute Gasteiger partial charge is 0.228 e. The van der Waals surface area contributed by atoms with Crippen LogP contribution >= 0.6 is 24.2 Å². The Morgan fingerprint density at radius 2 is 1.92 bits per heavy atom. The average Bonchev–Trinajstić information content (AvgIpc) is 2.56. The van der Waals surface area contributed by atoms with Gasteiger partial charge in [0.15, 0.2) is 0 Å². The molecule has 0 aromatic rings. The molecule has 0 spiro atoms. The second kappa shape index (κ2) is 10.2. The Hall–Kier alpha value is -0.0600. The minimum absolute atomic E-state index is 0. The van der Waals surface area contributed by atoms with Crippen LogP contribution in [-0.2, 0) is 19.6 Å². The van der Waals surface area contributed by atoms with Crippen LogP contribution in [0.4, 0.5) is 0 Å². The maximum absolute atomic E-state index is 12.5. The number of carbonyl (C=O) groups is 1. The van der Waals surface area contributed by atoms with Gasteiger partial charge in [0.2, 0.25) is 15.9 Å². The van der Waals surface area contributed by atoms with Crippen molar-refractivity contribution >= 4 is 40.1 Å². The van der Waals surface area contributed by atoms with Gasteiger partial charge < -0.3 is 15.4 Å². The van der Waals surface area contributed by atoms with Crippen LogP contribution in [0.15, 0.2) is 0 Å². The minimum atomic E-state index is -3.28. The molecule has 0 bridgehead atoms. The lowest BCUT2D eigenvalue weighted by Crippen LogP contribution is -2.51. The van der Waals surface area contributed by atoms with Crippen molar-refractivity contribution in [1.82, 2.24) is 14.9 Å². The summed E-state index contributed by atoms with van der Waals surface area (Å²) in [4.78, 5) is 12.5. The Labute approximate surface area is 155 Å². The summed E-state index contributed by atoms with van der Waals surface area (Å²) in [6.07, 6.45) is 1.42. The second-order valence-corrected chi connectivity index (χ2v) is 9.36. The van der Waals surface area contributed by atoms with Gasteiger partial charge in [0, 0.05) is 38.2 Å². The van der Waals surface area contributed by atoms with Crippen LogP contribution in [0, 0.1) is 5.41 Å². The van der Waals surface area contributed by atoms with Crippen molar-refractivity contribution in [2.45, 2.75) is 12.8 Å². The van der Waals surface area contributed by atoms with E-state index in [2.05, 4.69) is 10.6 Å². The molecule has 2 heterocycles. The second-order valence-electron chi connectivity index (χ2n) is 6.05. The van der Waals surface area contributed by atoms with E-state index in [1.165, 1.54) is 4.31 Å². The summed E-state index contributed by atoms with van der Waals surface area (Å²) in [6, 6.07) is 0. The molecule has 2 fully saturated rings. The Morgan fingerprint density at radius 3 is 2.50 bits per heavy atom. The van der Waals surface area contributed by atoms with Crippen LogP contribution in [0.1, 0.15) is 12.8 Å². The summed E-state index contributed by atoms with van der Waals surface area (Å²) in [5, 5.41) is 6.05. The fraction of sp³-hybridized carbons (Fsp3) is 0.929. The molecule has 0 aromatic heterocycles. The first kappa shape index (κ1) is 22.0. The molecule has 24 heavy (non-hydrogen) atoms. The van der Waals surface area contributed by atoms with E-state index in [-0.39, 0.29) is 30.6 Å². The van der Waals surface area contributed by atoms with Crippen LogP contribution in [-0.4, -0.2) is 82.3 Å². The maximum Gasteiger partial charge on any atom is 0.228 e.